The normalized spacial score (nSPS) is 16.0. The number of hydrogen-bond donors (Lipinski definition) is 2. The second-order valence-corrected chi connectivity index (χ2v) is 8.35. The molecule has 0 unspecified atom stereocenters. The molecule has 0 aromatic heterocycles. The van der Waals surface area contributed by atoms with Gasteiger partial charge in [0.05, 0.1) is 0 Å². The molecule has 0 saturated heterocycles. The smallest absolute Gasteiger partial charge is 0.0373 e. The van der Waals surface area contributed by atoms with E-state index in [2.05, 4.69) is 83.2 Å². The van der Waals surface area contributed by atoms with E-state index in [-0.39, 0.29) is 5.41 Å². The van der Waals surface area contributed by atoms with E-state index < -0.39 is 0 Å². The number of aryl methyl sites for hydroxylation is 4. The lowest BCUT2D eigenvalue weighted by Gasteiger charge is -2.39. The third kappa shape index (κ3) is 2.47. The molecule has 2 nitrogen and oxygen atoms in total. The zero-order valence-corrected chi connectivity index (χ0v) is 16.9. The molecular weight excluding hydrogens is 328 g/mol. The molecular formula is C25H28N2. The zero-order valence-electron chi connectivity index (χ0n) is 16.9. The summed E-state index contributed by atoms with van der Waals surface area (Å²) in [5.41, 5.74) is 24.1. The highest BCUT2D eigenvalue weighted by atomic mass is 14.6. The molecule has 2 aromatic carbocycles. The van der Waals surface area contributed by atoms with Crippen molar-refractivity contribution in [2.24, 2.45) is 5.92 Å². The van der Waals surface area contributed by atoms with E-state index in [0.29, 0.717) is 5.92 Å². The summed E-state index contributed by atoms with van der Waals surface area (Å²) >= 11 is 0. The Morgan fingerprint density at radius 2 is 1.00 bits per heavy atom. The van der Waals surface area contributed by atoms with Crippen LogP contribution in [0.4, 0.5) is 11.4 Å². The molecule has 4 N–H and O–H groups in total. The molecule has 0 spiro atoms. The van der Waals surface area contributed by atoms with Gasteiger partial charge in [0.25, 0.3) is 0 Å². The van der Waals surface area contributed by atoms with Crippen LogP contribution in [0.15, 0.2) is 59.7 Å². The summed E-state index contributed by atoms with van der Waals surface area (Å²) in [5, 5.41) is 0. The summed E-state index contributed by atoms with van der Waals surface area (Å²) in [5.74, 6) is 0.322. The molecule has 27 heavy (non-hydrogen) atoms. The highest BCUT2D eigenvalue weighted by Crippen LogP contribution is 2.52. The highest BCUT2D eigenvalue weighted by molar-refractivity contribution is 5.65. The fourth-order valence-corrected chi connectivity index (χ4v) is 4.79. The van der Waals surface area contributed by atoms with Crippen LogP contribution < -0.4 is 11.5 Å². The Kier molecular flexibility index (Phi) is 3.85. The fraction of sp³-hybridized carbons (Fsp3) is 0.280. The van der Waals surface area contributed by atoms with Crippen LogP contribution in [0.1, 0.15) is 40.3 Å². The molecule has 2 aliphatic carbocycles. The predicted octanol–water partition coefficient (Wildman–Crippen LogP) is 5.44. The number of benzene rings is 2. The van der Waals surface area contributed by atoms with Gasteiger partial charge in [-0.15, -0.1) is 0 Å². The van der Waals surface area contributed by atoms with E-state index in [1.165, 1.54) is 22.3 Å². The van der Waals surface area contributed by atoms with Crippen molar-refractivity contribution < 1.29 is 0 Å². The minimum absolute atomic E-state index is 0.190. The summed E-state index contributed by atoms with van der Waals surface area (Å²) in [4.78, 5) is 0. The van der Waals surface area contributed by atoms with Crippen LogP contribution in [0.25, 0.3) is 0 Å². The Labute approximate surface area is 162 Å². The van der Waals surface area contributed by atoms with Gasteiger partial charge in [0.2, 0.25) is 0 Å². The van der Waals surface area contributed by atoms with Crippen LogP contribution in [0.5, 0.6) is 0 Å². The summed E-state index contributed by atoms with van der Waals surface area (Å²) in [7, 11) is 0. The quantitative estimate of drug-likeness (QED) is 0.719. The second-order valence-electron chi connectivity index (χ2n) is 8.35. The summed E-state index contributed by atoms with van der Waals surface area (Å²) in [6.07, 6.45) is 9.02. The molecule has 138 valence electrons. The lowest BCUT2D eigenvalue weighted by atomic mass is 9.64. The minimum Gasteiger partial charge on any atom is -0.398 e. The SMILES string of the molecule is Cc1cc(C(C)(c2cc(C)c(N)c(C)c2)C2C3=CC=C2C=C3)cc(C)c1N. The Hall–Kier alpha value is -2.74. The Bertz CT molecular complexity index is 924. The average Bonchev–Trinajstić information content (AvgIpc) is 3.23. The van der Waals surface area contributed by atoms with Crippen LogP contribution in [-0.2, 0) is 5.41 Å². The van der Waals surface area contributed by atoms with E-state index in [4.69, 9.17) is 11.5 Å². The zero-order chi connectivity index (χ0) is 19.5. The number of nitrogen functional groups attached to an aromatic ring is 2. The first kappa shape index (κ1) is 17.7. The Balaban J connectivity index is 2.00. The maximum Gasteiger partial charge on any atom is 0.0373 e. The first-order valence-corrected chi connectivity index (χ1v) is 9.57. The molecule has 0 heterocycles. The monoisotopic (exact) mass is 356 g/mol. The van der Waals surface area contributed by atoms with Gasteiger partial charge in [-0.1, -0.05) is 55.5 Å². The van der Waals surface area contributed by atoms with Gasteiger partial charge in [0, 0.05) is 22.7 Å². The van der Waals surface area contributed by atoms with Crippen molar-refractivity contribution in [2.45, 2.75) is 40.0 Å². The molecule has 0 amide bonds. The van der Waals surface area contributed by atoms with E-state index >= 15 is 0 Å². The van der Waals surface area contributed by atoms with Crippen LogP contribution >= 0.6 is 0 Å². The molecule has 0 saturated carbocycles. The Morgan fingerprint density at radius 3 is 1.30 bits per heavy atom. The van der Waals surface area contributed by atoms with Gasteiger partial charge < -0.3 is 11.5 Å². The third-order valence-electron chi connectivity index (χ3n) is 6.57. The summed E-state index contributed by atoms with van der Waals surface area (Å²) in [6.45, 7) is 10.8. The van der Waals surface area contributed by atoms with Gasteiger partial charge in [-0.25, -0.2) is 0 Å². The standard InChI is InChI=1S/C25H28N2/c1-14-10-20(11-15(2)23(14)26)25(5,22-18-6-7-19(22)9-8-18)21-12-16(3)24(27)17(4)13-21/h6-13,22H,26-27H2,1-5H3. The number of nitrogens with two attached hydrogens (primary N) is 2. The second kappa shape index (κ2) is 5.88. The number of anilines is 2. The van der Waals surface area contributed by atoms with E-state index in [0.717, 1.165) is 33.6 Å². The van der Waals surface area contributed by atoms with Crippen LogP contribution in [0, 0.1) is 33.6 Å². The molecule has 0 radical (unpaired) electrons. The summed E-state index contributed by atoms with van der Waals surface area (Å²) in [6, 6.07) is 9.06. The van der Waals surface area contributed by atoms with Gasteiger partial charge in [-0.3, -0.25) is 0 Å². The van der Waals surface area contributed by atoms with E-state index in [9.17, 15) is 0 Å². The third-order valence-corrected chi connectivity index (χ3v) is 6.57. The van der Waals surface area contributed by atoms with Gasteiger partial charge in [-0.05, 0) is 72.2 Å². The average molecular weight is 357 g/mol. The first-order chi connectivity index (χ1) is 12.7. The largest absolute Gasteiger partial charge is 0.398 e. The molecule has 0 fully saturated rings. The van der Waals surface area contributed by atoms with Crippen LogP contribution in [0.2, 0.25) is 0 Å². The topological polar surface area (TPSA) is 52.0 Å². The lowest BCUT2D eigenvalue weighted by Crippen LogP contribution is -2.34. The van der Waals surface area contributed by atoms with Crippen molar-refractivity contribution in [3.05, 3.63) is 93.1 Å². The molecule has 2 aliphatic rings. The molecule has 2 aromatic rings. The molecule has 2 bridgehead atoms. The van der Waals surface area contributed by atoms with Gasteiger partial charge >= 0.3 is 0 Å². The Morgan fingerprint density at radius 1 is 0.667 bits per heavy atom. The number of hydrogen-bond acceptors (Lipinski definition) is 2. The van der Waals surface area contributed by atoms with E-state index in [1.807, 2.05) is 0 Å². The number of fused-ring (bicyclic) bond motifs is 2. The van der Waals surface area contributed by atoms with Crippen molar-refractivity contribution in [1.82, 2.24) is 0 Å². The molecule has 4 rings (SSSR count). The summed E-state index contributed by atoms with van der Waals surface area (Å²) < 4.78 is 0. The van der Waals surface area contributed by atoms with Gasteiger partial charge in [0.1, 0.15) is 0 Å². The van der Waals surface area contributed by atoms with Gasteiger partial charge in [0.15, 0.2) is 0 Å². The minimum atomic E-state index is -0.190. The lowest BCUT2D eigenvalue weighted by molar-refractivity contribution is 0.469. The van der Waals surface area contributed by atoms with Crippen LogP contribution in [0.3, 0.4) is 0 Å². The van der Waals surface area contributed by atoms with Crippen LogP contribution in [-0.4, -0.2) is 0 Å². The molecule has 2 heteroatoms. The van der Waals surface area contributed by atoms with Crippen molar-refractivity contribution >= 4 is 11.4 Å². The van der Waals surface area contributed by atoms with Crippen molar-refractivity contribution in [2.75, 3.05) is 11.5 Å². The predicted molar refractivity (Wildman–Crippen MR) is 116 cm³/mol. The maximum atomic E-state index is 6.27. The number of rotatable bonds is 3. The fourth-order valence-electron chi connectivity index (χ4n) is 4.79. The highest BCUT2D eigenvalue weighted by Gasteiger charge is 2.44. The number of allylic oxidation sites excluding steroid dienone is 6. The maximum absolute atomic E-state index is 6.27. The molecule has 0 atom stereocenters. The van der Waals surface area contributed by atoms with Crippen molar-refractivity contribution in [3.8, 4) is 0 Å². The molecule has 0 aliphatic heterocycles. The first-order valence-electron chi connectivity index (χ1n) is 9.57. The van der Waals surface area contributed by atoms with Crippen molar-refractivity contribution in [1.29, 1.82) is 0 Å². The van der Waals surface area contributed by atoms with Gasteiger partial charge in [-0.2, -0.15) is 0 Å². The van der Waals surface area contributed by atoms with E-state index in [1.54, 1.807) is 0 Å². The van der Waals surface area contributed by atoms with Crippen molar-refractivity contribution in [3.63, 3.8) is 0 Å².